The molecule has 2 aromatic carbocycles. The maximum atomic E-state index is 7.00. The molecule has 0 unspecified atom stereocenters. The van der Waals surface area contributed by atoms with Crippen LogP contribution in [0.2, 0.25) is 0 Å². The van der Waals surface area contributed by atoms with Gasteiger partial charge in [0.15, 0.2) is 0 Å². The van der Waals surface area contributed by atoms with E-state index in [-0.39, 0.29) is 0 Å². The van der Waals surface area contributed by atoms with Crippen molar-refractivity contribution in [1.82, 2.24) is 4.98 Å². The van der Waals surface area contributed by atoms with Gasteiger partial charge in [0.1, 0.15) is 0 Å². The number of hydrogen-bond acceptors (Lipinski definition) is 4. The molecule has 28 heavy (non-hydrogen) atoms. The molecule has 3 nitrogen and oxygen atoms in total. The molecule has 2 N–H and O–H groups in total. The van der Waals surface area contributed by atoms with E-state index in [0.29, 0.717) is 0 Å². The third-order valence-electron chi connectivity index (χ3n) is 4.98. The quantitative estimate of drug-likeness (QED) is 0.436. The second-order valence-corrected chi connectivity index (χ2v) is 7.70. The van der Waals surface area contributed by atoms with E-state index in [1.54, 1.807) is 11.3 Å². The van der Waals surface area contributed by atoms with Gasteiger partial charge in [-0.2, -0.15) is 0 Å². The summed E-state index contributed by atoms with van der Waals surface area (Å²) in [5.41, 5.74) is 7.48. The molecule has 4 heteroatoms. The first-order valence-electron chi connectivity index (χ1n) is 9.24. The lowest BCUT2D eigenvalue weighted by Crippen LogP contribution is -1.93. The normalized spacial score (nSPS) is 12.4. The zero-order valence-electron chi connectivity index (χ0n) is 15.8. The number of aryl methyl sites for hydroxylation is 1. The van der Waals surface area contributed by atoms with E-state index in [1.165, 1.54) is 37.2 Å². The average Bonchev–Trinajstić information content (AvgIpc) is 3.31. The maximum Gasteiger partial charge on any atom is 0.0654 e. The van der Waals surface area contributed by atoms with Crippen LogP contribution < -0.4 is 5.32 Å². The number of aliphatic hydroxyl groups is 1. The Balaban J connectivity index is 0.000000932. The topological polar surface area (TPSA) is 45.2 Å². The summed E-state index contributed by atoms with van der Waals surface area (Å²) in [5, 5.41) is 11.9. The number of fused-ring (bicyclic) bond motifs is 2. The molecule has 0 amide bonds. The lowest BCUT2D eigenvalue weighted by atomic mass is 10.1. The van der Waals surface area contributed by atoms with Crippen molar-refractivity contribution in [2.45, 2.75) is 12.8 Å². The maximum absolute atomic E-state index is 7.00. The molecule has 2 aromatic heterocycles. The fraction of sp³-hybridized carbons (Fsp3) is 0.125. The number of aliphatic hydroxyl groups excluding tert-OH is 1. The van der Waals surface area contributed by atoms with Crippen LogP contribution in [0.4, 0.5) is 11.4 Å². The first-order valence-corrected chi connectivity index (χ1v) is 10.1. The van der Waals surface area contributed by atoms with E-state index in [9.17, 15) is 0 Å². The third-order valence-corrected chi connectivity index (χ3v) is 6.17. The lowest BCUT2D eigenvalue weighted by Gasteiger charge is -2.11. The van der Waals surface area contributed by atoms with Gasteiger partial charge in [0, 0.05) is 30.6 Å². The van der Waals surface area contributed by atoms with E-state index in [4.69, 9.17) is 5.11 Å². The molecular formula is C24H22N2OS. The molecule has 1 aliphatic carbocycles. The summed E-state index contributed by atoms with van der Waals surface area (Å²) < 4.78 is 1.20. The Hall–Kier alpha value is -2.95. The van der Waals surface area contributed by atoms with Crippen LogP contribution >= 0.6 is 11.3 Å². The minimum Gasteiger partial charge on any atom is -0.400 e. The predicted octanol–water partition coefficient (Wildman–Crippen LogP) is 6.27. The highest BCUT2D eigenvalue weighted by atomic mass is 32.1. The molecular weight excluding hydrogens is 364 g/mol. The number of nitrogens with zero attached hydrogens (tertiary/aromatic N) is 1. The van der Waals surface area contributed by atoms with Gasteiger partial charge in [0.25, 0.3) is 0 Å². The monoisotopic (exact) mass is 386 g/mol. The molecule has 0 fully saturated rings. The number of hydrogen-bond donors (Lipinski definition) is 2. The number of anilines is 2. The molecule has 2 heterocycles. The fourth-order valence-corrected chi connectivity index (χ4v) is 4.79. The summed E-state index contributed by atoms with van der Waals surface area (Å²) in [6.07, 6.45) is 5.97. The molecule has 0 aliphatic heterocycles. The number of pyridine rings is 1. The molecule has 5 rings (SSSR count). The van der Waals surface area contributed by atoms with Crippen molar-refractivity contribution in [3.63, 3.8) is 0 Å². The van der Waals surface area contributed by atoms with Crippen LogP contribution in [0, 0.1) is 0 Å². The van der Waals surface area contributed by atoms with Gasteiger partial charge in [-0.3, -0.25) is 4.98 Å². The average molecular weight is 387 g/mol. The SMILES string of the molecule is C=C1CCc2cc(Nc3c(-c4ccccc4)sc4cnccc34)ccc21.CO. The van der Waals surface area contributed by atoms with Gasteiger partial charge in [-0.25, -0.2) is 0 Å². The second kappa shape index (κ2) is 7.97. The molecule has 0 bridgehead atoms. The Kier molecular flexibility index (Phi) is 5.24. The van der Waals surface area contributed by atoms with E-state index in [1.807, 2.05) is 12.4 Å². The van der Waals surface area contributed by atoms with Crippen molar-refractivity contribution in [1.29, 1.82) is 0 Å². The van der Waals surface area contributed by atoms with Crippen LogP contribution in [0.15, 0.2) is 73.6 Å². The highest BCUT2D eigenvalue weighted by Gasteiger charge is 2.17. The van der Waals surface area contributed by atoms with E-state index in [0.717, 1.165) is 31.3 Å². The summed E-state index contributed by atoms with van der Waals surface area (Å²) >= 11 is 1.78. The molecule has 0 spiro atoms. The number of allylic oxidation sites excluding steroid dienone is 1. The summed E-state index contributed by atoms with van der Waals surface area (Å²) in [4.78, 5) is 5.55. The van der Waals surface area contributed by atoms with E-state index >= 15 is 0 Å². The molecule has 140 valence electrons. The molecule has 0 atom stereocenters. The Morgan fingerprint density at radius 1 is 1.04 bits per heavy atom. The lowest BCUT2D eigenvalue weighted by molar-refractivity contribution is 0.399. The largest absolute Gasteiger partial charge is 0.400 e. The van der Waals surface area contributed by atoms with Crippen LogP contribution in [-0.2, 0) is 6.42 Å². The molecule has 0 saturated carbocycles. The van der Waals surface area contributed by atoms with Crippen molar-refractivity contribution in [2.24, 2.45) is 0 Å². The third kappa shape index (κ3) is 3.33. The Labute approximate surface area is 169 Å². The summed E-state index contributed by atoms with van der Waals surface area (Å²) in [6.45, 7) is 4.17. The number of thiophene rings is 1. The number of aromatic nitrogens is 1. The molecule has 4 aromatic rings. The van der Waals surface area contributed by atoms with Gasteiger partial charge < -0.3 is 10.4 Å². The standard InChI is InChI=1S/C23H18N2S.CH4O/c1-15-7-8-17-13-18(9-10-19(15)17)25-22-20-11-12-24-14-21(20)26-23(22)16-5-3-2-4-6-16;1-2/h2-6,9-14,25H,1,7-8H2;2H,1H3. The molecule has 0 radical (unpaired) electrons. The first-order chi connectivity index (χ1) is 13.8. The van der Waals surface area contributed by atoms with Crippen molar-refractivity contribution >= 4 is 38.4 Å². The highest BCUT2D eigenvalue weighted by molar-refractivity contribution is 7.23. The van der Waals surface area contributed by atoms with Crippen LogP contribution in [0.25, 0.3) is 26.1 Å². The number of benzene rings is 2. The van der Waals surface area contributed by atoms with Gasteiger partial charge in [0.05, 0.1) is 15.3 Å². The second-order valence-electron chi connectivity index (χ2n) is 6.64. The van der Waals surface area contributed by atoms with Crippen LogP contribution in [0.5, 0.6) is 0 Å². The summed E-state index contributed by atoms with van der Waals surface area (Å²) in [7, 11) is 1.00. The summed E-state index contributed by atoms with van der Waals surface area (Å²) in [6, 6.07) is 19.3. The Bertz CT molecular complexity index is 1130. The Morgan fingerprint density at radius 3 is 2.68 bits per heavy atom. The van der Waals surface area contributed by atoms with E-state index < -0.39 is 0 Å². The fourth-order valence-electron chi connectivity index (χ4n) is 3.66. The van der Waals surface area contributed by atoms with Gasteiger partial charge in [-0.15, -0.1) is 11.3 Å². The van der Waals surface area contributed by atoms with E-state index in [2.05, 4.69) is 71.5 Å². The van der Waals surface area contributed by atoms with Crippen molar-refractivity contribution in [3.8, 4) is 10.4 Å². The van der Waals surface area contributed by atoms with Crippen LogP contribution in [0.3, 0.4) is 0 Å². The zero-order chi connectivity index (χ0) is 19.5. The molecule has 1 aliphatic rings. The smallest absolute Gasteiger partial charge is 0.0654 e. The van der Waals surface area contributed by atoms with Gasteiger partial charge in [0.2, 0.25) is 0 Å². The minimum absolute atomic E-state index is 1.00. The number of rotatable bonds is 3. The zero-order valence-corrected chi connectivity index (χ0v) is 16.6. The summed E-state index contributed by atoms with van der Waals surface area (Å²) in [5.74, 6) is 0. The van der Waals surface area contributed by atoms with Gasteiger partial charge in [-0.1, -0.05) is 43.0 Å². The Morgan fingerprint density at radius 2 is 1.86 bits per heavy atom. The molecule has 0 saturated heterocycles. The number of nitrogens with one attached hydrogen (secondary N) is 1. The van der Waals surface area contributed by atoms with Gasteiger partial charge >= 0.3 is 0 Å². The van der Waals surface area contributed by atoms with Crippen molar-refractivity contribution < 1.29 is 5.11 Å². The van der Waals surface area contributed by atoms with Gasteiger partial charge in [-0.05, 0) is 53.3 Å². The highest BCUT2D eigenvalue weighted by Crippen LogP contribution is 2.44. The van der Waals surface area contributed by atoms with Crippen LogP contribution in [0.1, 0.15) is 17.5 Å². The first kappa shape index (κ1) is 18.4. The predicted molar refractivity (Wildman–Crippen MR) is 120 cm³/mol. The van der Waals surface area contributed by atoms with Crippen LogP contribution in [-0.4, -0.2) is 17.2 Å². The minimum atomic E-state index is 1.00. The van der Waals surface area contributed by atoms with Crippen molar-refractivity contribution in [2.75, 3.05) is 12.4 Å². The van der Waals surface area contributed by atoms with Crippen molar-refractivity contribution in [3.05, 3.63) is 84.7 Å².